The summed E-state index contributed by atoms with van der Waals surface area (Å²) in [7, 11) is -3.75. The van der Waals surface area contributed by atoms with E-state index >= 15 is 0 Å². The number of halogens is 3. The Hall–Kier alpha value is -2.63. The third-order valence-corrected chi connectivity index (χ3v) is 6.68. The Morgan fingerprint density at radius 3 is 2.23 bits per heavy atom. The first-order valence-corrected chi connectivity index (χ1v) is 10.8. The maximum absolute atomic E-state index is 12.9. The van der Waals surface area contributed by atoms with Crippen LogP contribution in [0.1, 0.15) is 11.1 Å². The van der Waals surface area contributed by atoms with Gasteiger partial charge in [0.1, 0.15) is 5.75 Å². The second-order valence-electron chi connectivity index (χ2n) is 7.09. The predicted octanol–water partition coefficient (Wildman–Crippen LogP) is 2.72. The topological polar surface area (TPSA) is 87.1 Å². The van der Waals surface area contributed by atoms with Crippen molar-refractivity contribution in [3.05, 3.63) is 59.7 Å². The minimum absolute atomic E-state index is 0.0555. The highest BCUT2D eigenvalue weighted by Gasteiger charge is 2.31. The van der Waals surface area contributed by atoms with Gasteiger partial charge in [-0.25, -0.2) is 8.42 Å². The smallest absolute Gasteiger partial charge is 0.481 e. The van der Waals surface area contributed by atoms with Gasteiger partial charge in [-0.15, -0.1) is 13.2 Å². The molecule has 0 saturated carbocycles. The lowest BCUT2D eigenvalue weighted by Gasteiger charge is -2.34. The van der Waals surface area contributed by atoms with Crippen LogP contribution in [0, 0.1) is 0 Å². The molecule has 0 atom stereocenters. The lowest BCUT2D eigenvalue weighted by atomic mass is 10.2. The lowest BCUT2D eigenvalue weighted by molar-refractivity contribution is -0.274. The molecule has 1 heterocycles. The molecule has 0 bridgehead atoms. The first-order valence-electron chi connectivity index (χ1n) is 9.41. The predicted molar refractivity (Wildman–Crippen MR) is 105 cm³/mol. The monoisotopic (exact) mass is 458 g/mol. The molecule has 0 amide bonds. The molecule has 7 nitrogen and oxygen atoms in total. The van der Waals surface area contributed by atoms with Gasteiger partial charge in [-0.05, 0) is 35.4 Å². The van der Waals surface area contributed by atoms with E-state index in [1.807, 2.05) is 4.90 Å². The third-order valence-electron chi connectivity index (χ3n) is 4.79. The summed E-state index contributed by atoms with van der Waals surface area (Å²) in [4.78, 5) is 12.9. The number of nitrogens with zero attached hydrogens (tertiary/aromatic N) is 2. The standard InChI is InChI=1S/C20H21F3N2O5S/c21-20(22,23)30-17-6-4-15(5-7-17)14-24-8-10-25(11-9-24)31(28,29)18-3-1-2-16(12-18)13-19(26)27/h1-7,12H,8-11,13-14H2,(H,26,27). The van der Waals surface area contributed by atoms with Gasteiger partial charge in [-0.2, -0.15) is 4.31 Å². The summed E-state index contributed by atoms with van der Waals surface area (Å²) < 4.78 is 67.7. The number of alkyl halides is 3. The molecule has 1 fully saturated rings. The van der Waals surface area contributed by atoms with Crippen LogP contribution in [0.4, 0.5) is 13.2 Å². The minimum atomic E-state index is -4.74. The number of sulfonamides is 1. The van der Waals surface area contributed by atoms with E-state index in [-0.39, 0.29) is 30.2 Å². The zero-order chi connectivity index (χ0) is 22.6. The molecule has 3 rings (SSSR count). The number of hydrogen-bond acceptors (Lipinski definition) is 5. The highest BCUT2D eigenvalue weighted by atomic mass is 32.2. The molecule has 1 N–H and O–H groups in total. The van der Waals surface area contributed by atoms with Gasteiger partial charge in [0, 0.05) is 32.7 Å². The van der Waals surface area contributed by atoms with Gasteiger partial charge in [-0.1, -0.05) is 24.3 Å². The molecular formula is C20H21F3N2O5S. The maximum atomic E-state index is 12.9. The van der Waals surface area contributed by atoms with Crippen LogP contribution in [0.15, 0.2) is 53.4 Å². The summed E-state index contributed by atoms with van der Waals surface area (Å²) in [6.45, 7) is 1.87. The van der Waals surface area contributed by atoms with Crippen LogP contribution in [0.5, 0.6) is 5.75 Å². The van der Waals surface area contributed by atoms with Crippen LogP contribution < -0.4 is 4.74 Å². The highest BCUT2D eigenvalue weighted by Crippen LogP contribution is 2.24. The van der Waals surface area contributed by atoms with Crippen LogP contribution in [-0.4, -0.2) is 61.2 Å². The fourth-order valence-corrected chi connectivity index (χ4v) is 4.82. The molecule has 2 aromatic carbocycles. The molecular weight excluding hydrogens is 437 g/mol. The average molecular weight is 458 g/mol. The van der Waals surface area contributed by atoms with Crippen molar-refractivity contribution in [2.75, 3.05) is 26.2 Å². The molecule has 31 heavy (non-hydrogen) atoms. The number of hydrogen-bond donors (Lipinski definition) is 1. The summed E-state index contributed by atoms with van der Waals surface area (Å²) in [6.07, 6.45) is -5.00. The number of benzene rings is 2. The van der Waals surface area contributed by atoms with Crippen molar-refractivity contribution >= 4 is 16.0 Å². The summed E-state index contributed by atoms with van der Waals surface area (Å²) in [5.74, 6) is -1.33. The molecule has 0 aromatic heterocycles. The number of carbonyl (C=O) groups is 1. The van der Waals surface area contributed by atoms with Crippen molar-refractivity contribution in [2.45, 2.75) is 24.2 Å². The van der Waals surface area contributed by atoms with Crippen LogP contribution in [0.2, 0.25) is 0 Å². The van der Waals surface area contributed by atoms with E-state index in [4.69, 9.17) is 5.11 Å². The fraction of sp³-hybridized carbons (Fsp3) is 0.350. The van der Waals surface area contributed by atoms with Gasteiger partial charge in [0.2, 0.25) is 10.0 Å². The van der Waals surface area contributed by atoms with E-state index in [9.17, 15) is 26.4 Å². The lowest BCUT2D eigenvalue weighted by Crippen LogP contribution is -2.48. The Morgan fingerprint density at radius 1 is 1.00 bits per heavy atom. The number of carboxylic acids is 1. The van der Waals surface area contributed by atoms with Crippen LogP contribution in [-0.2, 0) is 27.8 Å². The van der Waals surface area contributed by atoms with Gasteiger partial charge in [0.25, 0.3) is 0 Å². The molecule has 0 unspecified atom stereocenters. The summed E-state index contributed by atoms with van der Waals surface area (Å²) in [5.41, 5.74) is 1.19. The van der Waals surface area contributed by atoms with Gasteiger partial charge in [0.05, 0.1) is 11.3 Å². The highest BCUT2D eigenvalue weighted by molar-refractivity contribution is 7.89. The maximum Gasteiger partial charge on any atom is 0.573 e. The number of rotatable bonds is 7. The van der Waals surface area contributed by atoms with E-state index in [0.29, 0.717) is 25.2 Å². The van der Waals surface area contributed by atoms with Crippen LogP contribution in [0.3, 0.4) is 0 Å². The van der Waals surface area contributed by atoms with E-state index in [2.05, 4.69) is 4.74 Å². The van der Waals surface area contributed by atoms with Crippen molar-refractivity contribution in [1.29, 1.82) is 0 Å². The Labute approximate surface area is 177 Å². The molecule has 0 spiro atoms. The van der Waals surface area contributed by atoms with Crippen molar-refractivity contribution in [1.82, 2.24) is 9.21 Å². The Kier molecular flexibility index (Phi) is 6.87. The van der Waals surface area contributed by atoms with Crippen LogP contribution in [0.25, 0.3) is 0 Å². The van der Waals surface area contributed by atoms with E-state index in [1.54, 1.807) is 6.07 Å². The first kappa shape index (κ1) is 23.0. The summed E-state index contributed by atoms with van der Waals surface area (Å²) >= 11 is 0. The Balaban J connectivity index is 1.58. The van der Waals surface area contributed by atoms with E-state index < -0.39 is 22.4 Å². The third kappa shape index (κ3) is 6.42. The van der Waals surface area contributed by atoms with Gasteiger partial charge in [0.15, 0.2) is 0 Å². The SMILES string of the molecule is O=C(O)Cc1cccc(S(=O)(=O)N2CCN(Cc3ccc(OC(F)(F)F)cc3)CC2)c1. The zero-order valence-corrected chi connectivity index (χ0v) is 17.2. The van der Waals surface area contributed by atoms with Crippen molar-refractivity contribution < 1.29 is 36.2 Å². The number of piperazine rings is 1. The van der Waals surface area contributed by atoms with Crippen molar-refractivity contribution in [3.63, 3.8) is 0 Å². The largest absolute Gasteiger partial charge is 0.573 e. The average Bonchev–Trinajstić information content (AvgIpc) is 2.68. The number of aliphatic carboxylic acids is 1. The normalized spacial score (nSPS) is 16.2. The Morgan fingerprint density at radius 2 is 1.65 bits per heavy atom. The molecule has 168 valence electrons. The van der Waals surface area contributed by atoms with Crippen molar-refractivity contribution in [2.24, 2.45) is 0 Å². The van der Waals surface area contributed by atoms with E-state index in [1.165, 1.54) is 46.8 Å². The zero-order valence-electron chi connectivity index (χ0n) is 16.4. The van der Waals surface area contributed by atoms with E-state index in [0.717, 1.165) is 5.56 Å². The van der Waals surface area contributed by atoms with Crippen LogP contribution >= 0.6 is 0 Å². The second-order valence-corrected chi connectivity index (χ2v) is 9.03. The molecule has 0 radical (unpaired) electrons. The molecule has 2 aromatic rings. The Bertz CT molecular complexity index is 1020. The molecule has 0 aliphatic carbocycles. The molecule has 1 aliphatic heterocycles. The summed E-state index contributed by atoms with van der Waals surface area (Å²) in [6, 6.07) is 11.5. The molecule has 11 heteroatoms. The molecule has 1 aliphatic rings. The fourth-order valence-electron chi connectivity index (χ4n) is 3.32. The summed E-state index contributed by atoms with van der Waals surface area (Å²) in [5, 5.41) is 8.90. The van der Waals surface area contributed by atoms with Gasteiger partial charge >= 0.3 is 12.3 Å². The number of carboxylic acid groups (broad SMARTS) is 1. The van der Waals surface area contributed by atoms with Gasteiger partial charge in [-0.3, -0.25) is 9.69 Å². The van der Waals surface area contributed by atoms with Gasteiger partial charge < -0.3 is 9.84 Å². The second kappa shape index (κ2) is 9.25. The number of ether oxygens (including phenoxy) is 1. The first-order chi connectivity index (χ1) is 14.5. The molecule has 1 saturated heterocycles. The quantitative estimate of drug-likeness (QED) is 0.687. The van der Waals surface area contributed by atoms with Crippen molar-refractivity contribution in [3.8, 4) is 5.75 Å². The minimum Gasteiger partial charge on any atom is -0.481 e.